The van der Waals surface area contributed by atoms with Gasteiger partial charge in [-0.15, -0.1) is 0 Å². The van der Waals surface area contributed by atoms with Gasteiger partial charge in [-0.2, -0.15) is 5.10 Å². The van der Waals surface area contributed by atoms with E-state index in [2.05, 4.69) is 10.4 Å². The number of amides is 1. The molecule has 78 valence electrons. The van der Waals surface area contributed by atoms with E-state index in [1.54, 1.807) is 31.0 Å². The Labute approximate surface area is 83.1 Å². The summed E-state index contributed by atoms with van der Waals surface area (Å²) in [7, 11) is 1.79. The minimum atomic E-state index is -0.430. The number of carbonyl (C=O) groups is 1. The van der Waals surface area contributed by atoms with Gasteiger partial charge in [-0.25, -0.2) is 0 Å². The van der Waals surface area contributed by atoms with Crippen LogP contribution in [0.1, 0.15) is 13.8 Å². The highest BCUT2D eigenvalue weighted by atomic mass is 16.5. The van der Waals surface area contributed by atoms with Crippen molar-refractivity contribution < 1.29 is 9.53 Å². The molecular weight excluding hydrogens is 182 g/mol. The topological polar surface area (TPSA) is 56.1 Å². The average Bonchev–Trinajstić information content (AvgIpc) is 2.51. The highest BCUT2D eigenvalue weighted by molar-refractivity contribution is 5.93. The van der Waals surface area contributed by atoms with Gasteiger partial charge in [0.05, 0.1) is 11.9 Å². The van der Waals surface area contributed by atoms with E-state index in [4.69, 9.17) is 4.74 Å². The van der Waals surface area contributed by atoms with Crippen molar-refractivity contribution >= 4 is 11.6 Å². The predicted molar refractivity (Wildman–Crippen MR) is 52.9 cm³/mol. The maximum absolute atomic E-state index is 11.4. The van der Waals surface area contributed by atoms with Crippen LogP contribution >= 0.6 is 0 Å². The molecule has 0 aromatic carbocycles. The van der Waals surface area contributed by atoms with Gasteiger partial charge in [0.15, 0.2) is 0 Å². The van der Waals surface area contributed by atoms with Gasteiger partial charge in [-0.3, -0.25) is 9.48 Å². The molecule has 5 nitrogen and oxygen atoms in total. The second-order valence-electron chi connectivity index (χ2n) is 2.99. The molecule has 1 amide bonds. The van der Waals surface area contributed by atoms with Crippen molar-refractivity contribution in [2.75, 3.05) is 11.9 Å². The summed E-state index contributed by atoms with van der Waals surface area (Å²) in [5.41, 5.74) is 0.684. The third-order valence-corrected chi connectivity index (χ3v) is 1.76. The summed E-state index contributed by atoms with van der Waals surface area (Å²) in [6.45, 7) is 4.10. The number of anilines is 1. The Morgan fingerprint density at radius 2 is 2.50 bits per heavy atom. The number of hydrogen-bond acceptors (Lipinski definition) is 3. The molecule has 14 heavy (non-hydrogen) atoms. The van der Waals surface area contributed by atoms with Crippen LogP contribution in [0.15, 0.2) is 12.4 Å². The molecule has 1 heterocycles. The summed E-state index contributed by atoms with van der Waals surface area (Å²) in [5.74, 6) is -0.153. The maximum atomic E-state index is 11.4. The van der Waals surface area contributed by atoms with Gasteiger partial charge in [0.1, 0.15) is 6.10 Å². The lowest BCUT2D eigenvalue weighted by molar-refractivity contribution is -0.126. The van der Waals surface area contributed by atoms with E-state index < -0.39 is 6.10 Å². The van der Waals surface area contributed by atoms with E-state index in [1.807, 2.05) is 6.92 Å². The third-order valence-electron chi connectivity index (χ3n) is 1.76. The molecular formula is C9H15N3O2. The molecule has 0 radical (unpaired) electrons. The zero-order chi connectivity index (χ0) is 10.6. The van der Waals surface area contributed by atoms with Crippen LogP contribution in [0.3, 0.4) is 0 Å². The molecule has 0 aliphatic rings. The van der Waals surface area contributed by atoms with Crippen LogP contribution in [0.2, 0.25) is 0 Å². The van der Waals surface area contributed by atoms with E-state index in [-0.39, 0.29) is 5.91 Å². The van der Waals surface area contributed by atoms with Crippen LogP contribution in [-0.4, -0.2) is 28.4 Å². The summed E-state index contributed by atoms with van der Waals surface area (Å²) in [5, 5.41) is 6.64. The summed E-state index contributed by atoms with van der Waals surface area (Å²) in [6, 6.07) is 0. The largest absolute Gasteiger partial charge is 0.369 e. The fourth-order valence-electron chi connectivity index (χ4n) is 1.06. The maximum Gasteiger partial charge on any atom is 0.253 e. The molecule has 0 saturated heterocycles. The molecule has 1 aromatic rings. The van der Waals surface area contributed by atoms with Gasteiger partial charge in [0, 0.05) is 19.9 Å². The Bertz CT molecular complexity index is 309. The average molecular weight is 197 g/mol. The Kier molecular flexibility index (Phi) is 3.64. The van der Waals surface area contributed by atoms with Crippen LogP contribution in [0.25, 0.3) is 0 Å². The van der Waals surface area contributed by atoms with Gasteiger partial charge >= 0.3 is 0 Å². The second-order valence-corrected chi connectivity index (χ2v) is 2.99. The molecule has 1 atom stereocenters. The van der Waals surface area contributed by atoms with Crippen molar-refractivity contribution in [3.05, 3.63) is 12.4 Å². The minimum absolute atomic E-state index is 0.153. The standard InChI is InChI=1S/C9H15N3O2/c1-4-14-7(2)9(13)11-8-5-10-12(3)6-8/h5-7H,4H2,1-3H3,(H,11,13)/t7-/m1/s1. The Balaban J connectivity index is 2.48. The van der Waals surface area contributed by atoms with E-state index >= 15 is 0 Å². The molecule has 1 rings (SSSR count). The molecule has 1 aromatic heterocycles. The Morgan fingerprint density at radius 3 is 3.00 bits per heavy atom. The van der Waals surface area contributed by atoms with Crippen molar-refractivity contribution in [1.82, 2.24) is 9.78 Å². The predicted octanol–water partition coefficient (Wildman–Crippen LogP) is 0.784. The van der Waals surface area contributed by atoms with Gasteiger partial charge in [0.25, 0.3) is 5.91 Å². The molecule has 0 spiro atoms. The fourth-order valence-corrected chi connectivity index (χ4v) is 1.06. The first-order chi connectivity index (χ1) is 6.63. The lowest BCUT2D eigenvalue weighted by Gasteiger charge is -2.10. The van der Waals surface area contributed by atoms with Crippen molar-refractivity contribution in [1.29, 1.82) is 0 Å². The first-order valence-electron chi connectivity index (χ1n) is 4.54. The molecule has 0 unspecified atom stereocenters. The van der Waals surface area contributed by atoms with Crippen molar-refractivity contribution in [3.63, 3.8) is 0 Å². The molecule has 1 N–H and O–H groups in total. The quantitative estimate of drug-likeness (QED) is 0.776. The first kappa shape index (κ1) is 10.7. The molecule has 5 heteroatoms. The minimum Gasteiger partial charge on any atom is -0.369 e. The fraction of sp³-hybridized carbons (Fsp3) is 0.556. The lowest BCUT2D eigenvalue weighted by Crippen LogP contribution is -2.27. The molecule has 0 aliphatic carbocycles. The van der Waals surface area contributed by atoms with Crippen LogP contribution in [-0.2, 0) is 16.6 Å². The molecule has 0 saturated carbocycles. The summed E-state index contributed by atoms with van der Waals surface area (Å²) in [6.07, 6.45) is 2.90. The van der Waals surface area contributed by atoms with Crippen LogP contribution in [0.5, 0.6) is 0 Å². The zero-order valence-electron chi connectivity index (χ0n) is 8.65. The van der Waals surface area contributed by atoms with Crippen LogP contribution in [0, 0.1) is 0 Å². The van der Waals surface area contributed by atoms with Crippen molar-refractivity contribution in [3.8, 4) is 0 Å². The molecule has 0 aliphatic heterocycles. The SMILES string of the molecule is CCO[C@H](C)C(=O)Nc1cnn(C)c1. The number of nitrogens with zero attached hydrogens (tertiary/aromatic N) is 2. The van der Waals surface area contributed by atoms with E-state index in [1.165, 1.54) is 0 Å². The number of aromatic nitrogens is 2. The first-order valence-corrected chi connectivity index (χ1v) is 4.54. The van der Waals surface area contributed by atoms with Gasteiger partial charge in [-0.05, 0) is 13.8 Å². The number of rotatable bonds is 4. The van der Waals surface area contributed by atoms with Crippen LogP contribution in [0.4, 0.5) is 5.69 Å². The van der Waals surface area contributed by atoms with Crippen LogP contribution < -0.4 is 5.32 Å². The Hall–Kier alpha value is -1.36. The highest BCUT2D eigenvalue weighted by Gasteiger charge is 2.12. The number of hydrogen-bond donors (Lipinski definition) is 1. The second kappa shape index (κ2) is 4.76. The highest BCUT2D eigenvalue weighted by Crippen LogP contribution is 2.04. The van der Waals surface area contributed by atoms with E-state index in [0.717, 1.165) is 0 Å². The lowest BCUT2D eigenvalue weighted by atomic mass is 10.3. The van der Waals surface area contributed by atoms with E-state index in [0.29, 0.717) is 12.3 Å². The molecule has 0 fully saturated rings. The summed E-state index contributed by atoms with van der Waals surface area (Å²) < 4.78 is 6.77. The van der Waals surface area contributed by atoms with E-state index in [9.17, 15) is 4.79 Å². The van der Waals surface area contributed by atoms with Gasteiger partial charge in [-0.1, -0.05) is 0 Å². The normalized spacial score (nSPS) is 12.5. The van der Waals surface area contributed by atoms with Gasteiger partial charge < -0.3 is 10.1 Å². The monoisotopic (exact) mass is 197 g/mol. The summed E-state index contributed by atoms with van der Waals surface area (Å²) in [4.78, 5) is 11.4. The number of nitrogens with one attached hydrogen (secondary N) is 1. The third kappa shape index (κ3) is 2.85. The number of aryl methyl sites for hydroxylation is 1. The number of ether oxygens (including phenoxy) is 1. The Morgan fingerprint density at radius 1 is 1.79 bits per heavy atom. The summed E-state index contributed by atoms with van der Waals surface area (Å²) >= 11 is 0. The molecule has 0 bridgehead atoms. The van der Waals surface area contributed by atoms with Gasteiger partial charge in [0.2, 0.25) is 0 Å². The number of carbonyl (C=O) groups excluding carboxylic acids is 1. The van der Waals surface area contributed by atoms with Crippen molar-refractivity contribution in [2.24, 2.45) is 7.05 Å². The zero-order valence-corrected chi connectivity index (χ0v) is 8.65. The van der Waals surface area contributed by atoms with Crippen molar-refractivity contribution in [2.45, 2.75) is 20.0 Å². The smallest absolute Gasteiger partial charge is 0.253 e.